The molecule has 0 fully saturated rings. The number of benzene rings is 2. The zero-order valence-electron chi connectivity index (χ0n) is 15.2. The number of hydrogen-bond donors (Lipinski definition) is 1. The summed E-state index contributed by atoms with van der Waals surface area (Å²) >= 11 is 0. The summed E-state index contributed by atoms with van der Waals surface area (Å²) in [5, 5.41) is 11.3. The van der Waals surface area contributed by atoms with Crippen LogP contribution in [0.15, 0.2) is 55.1 Å². The Labute approximate surface area is 166 Å². The van der Waals surface area contributed by atoms with Gasteiger partial charge in [0.2, 0.25) is 0 Å². The van der Waals surface area contributed by atoms with E-state index in [0.717, 1.165) is 4.90 Å². The Balaban J connectivity index is 1.62. The third-order valence-corrected chi connectivity index (χ3v) is 4.15. The van der Waals surface area contributed by atoms with E-state index in [0.29, 0.717) is 11.3 Å². The van der Waals surface area contributed by atoms with Gasteiger partial charge in [0.1, 0.15) is 0 Å². The molecule has 0 unspecified atom stereocenters. The first kappa shape index (κ1) is 19.5. The Kier molecular flexibility index (Phi) is 5.51. The maximum Gasteiger partial charge on any atom is 0.338 e. The lowest BCUT2D eigenvalue weighted by Crippen LogP contribution is -2.29. The van der Waals surface area contributed by atoms with Gasteiger partial charge in [-0.15, -0.1) is 6.58 Å². The van der Waals surface area contributed by atoms with Crippen molar-refractivity contribution in [3.63, 3.8) is 0 Å². The lowest BCUT2D eigenvalue weighted by atomic mass is 10.1. The summed E-state index contributed by atoms with van der Waals surface area (Å²) < 4.78 is 4.97. The number of ether oxygens (including phenoxy) is 1. The minimum atomic E-state index is -0.801. The highest BCUT2D eigenvalue weighted by molar-refractivity contribution is 6.22. The molecule has 0 atom stereocenters. The summed E-state index contributed by atoms with van der Waals surface area (Å²) in [6.45, 7) is 3.04. The summed E-state index contributed by atoms with van der Waals surface area (Å²) in [4.78, 5) is 49.7. The van der Waals surface area contributed by atoms with Crippen molar-refractivity contribution in [1.82, 2.24) is 4.90 Å². The molecule has 8 heteroatoms. The maximum absolute atomic E-state index is 12.3. The quantitative estimate of drug-likeness (QED) is 0.460. The molecule has 144 valence electrons. The van der Waals surface area contributed by atoms with Gasteiger partial charge in [0.15, 0.2) is 6.61 Å². The average Bonchev–Trinajstić information content (AvgIpc) is 2.97. The maximum atomic E-state index is 12.3. The van der Waals surface area contributed by atoms with Crippen molar-refractivity contribution in [3.05, 3.63) is 77.4 Å². The molecule has 0 aliphatic carbocycles. The van der Waals surface area contributed by atoms with Gasteiger partial charge >= 0.3 is 5.97 Å². The minimum absolute atomic E-state index is 0.0523. The molecule has 0 aromatic heterocycles. The summed E-state index contributed by atoms with van der Waals surface area (Å²) in [6, 6.07) is 12.2. The first-order valence-electron chi connectivity index (χ1n) is 8.53. The van der Waals surface area contributed by atoms with E-state index in [2.05, 4.69) is 11.9 Å². The molecule has 0 saturated carbocycles. The van der Waals surface area contributed by atoms with Crippen molar-refractivity contribution in [2.24, 2.45) is 0 Å². The van der Waals surface area contributed by atoms with Gasteiger partial charge in [0.05, 0.1) is 28.3 Å². The number of carbonyl (C=O) groups excluding carboxylic acids is 4. The largest absolute Gasteiger partial charge is 0.452 e. The van der Waals surface area contributed by atoms with Crippen molar-refractivity contribution >= 4 is 29.4 Å². The molecule has 0 saturated heterocycles. The number of nitrogens with zero attached hydrogens (tertiary/aromatic N) is 2. The van der Waals surface area contributed by atoms with Crippen LogP contribution in [0.4, 0.5) is 5.69 Å². The second kappa shape index (κ2) is 8.19. The smallest absolute Gasteiger partial charge is 0.338 e. The van der Waals surface area contributed by atoms with Crippen LogP contribution < -0.4 is 5.32 Å². The molecule has 1 heterocycles. The molecule has 8 nitrogen and oxygen atoms in total. The van der Waals surface area contributed by atoms with E-state index >= 15 is 0 Å². The van der Waals surface area contributed by atoms with Crippen LogP contribution in [0.2, 0.25) is 0 Å². The zero-order valence-corrected chi connectivity index (χ0v) is 15.2. The molecule has 29 heavy (non-hydrogen) atoms. The lowest BCUT2D eigenvalue weighted by molar-refractivity contribution is -0.119. The fourth-order valence-corrected chi connectivity index (χ4v) is 2.75. The van der Waals surface area contributed by atoms with E-state index in [1.807, 2.05) is 6.07 Å². The molecule has 1 aliphatic heterocycles. The average molecular weight is 389 g/mol. The molecular weight excluding hydrogens is 374 g/mol. The summed E-state index contributed by atoms with van der Waals surface area (Å²) in [7, 11) is 0. The summed E-state index contributed by atoms with van der Waals surface area (Å²) in [5.41, 5.74) is 1.26. The van der Waals surface area contributed by atoms with Crippen LogP contribution in [0.5, 0.6) is 0 Å². The number of imide groups is 1. The van der Waals surface area contributed by atoms with Crippen LogP contribution in [0.1, 0.15) is 36.6 Å². The Hall–Kier alpha value is -4.25. The Morgan fingerprint density at radius 2 is 1.79 bits per heavy atom. The van der Waals surface area contributed by atoms with E-state index in [-0.39, 0.29) is 23.2 Å². The molecule has 3 amide bonds. The molecule has 0 radical (unpaired) electrons. The fourth-order valence-electron chi connectivity index (χ4n) is 2.75. The second-order valence-electron chi connectivity index (χ2n) is 6.08. The third-order valence-electron chi connectivity index (χ3n) is 4.15. The number of fused-ring (bicyclic) bond motifs is 1. The van der Waals surface area contributed by atoms with E-state index < -0.39 is 30.3 Å². The van der Waals surface area contributed by atoms with E-state index in [1.54, 1.807) is 24.3 Å². The highest BCUT2D eigenvalue weighted by Crippen LogP contribution is 2.24. The van der Waals surface area contributed by atoms with Gasteiger partial charge in [0, 0.05) is 12.2 Å². The molecule has 2 aromatic carbocycles. The highest BCUT2D eigenvalue weighted by Gasteiger charge is 2.35. The number of nitriles is 1. The van der Waals surface area contributed by atoms with Gasteiger partial charge in [-0.2, -0.15) is 5.26 Å². The first-order valence-corrected chi connectivity index (χ1v) is 8.53. The van der Waals surface area contributed by atoms with Crippen molar-refractivity contribution in [3.8, 4) is 6.07 Å². The van der Waals surface area contributed by atoms with Crippen LogP contribution in [0.25, 0.3) is 0 Å². The number of amides is 3. The lowest BCUT2D eigenvalue weighted by Gasteiger charge is -2.09. The summed E-state index contributed by atoms with van der Waals surface area (Å²) in [5.74, 6) is -2.33. The summed E-state index contributed by atoms with van der Waals surface area (Å²) in [6.07, 6.45) is 1.43. The number of hydrogen-bond acceptors (Lipinski definition) is 6. The predicted octanol–water partition coefficient (Wildman–Crippen LogP) is 2.14. The van der Waals surface area contributed by atoms with E-state index in [9.17, 15) is 19.2 Å². The van der Waals surface area contributed by atoms with Crippen molar-refractivity contribution in [1.29, 1.82) is 5.26 Å². The highest BCUT2D eigenvalue weighted by atomic mass is 16.5. The fraction of sp³-hybridized carbons (Fsp3) is 0.0952. The van der Waals surface area contributed by atoms with E-state index in [4.69, 9.17) is 10.00 Å². The number of nitrogens with one attached hydrogen (secondary N) is 1. The van der Waals surface area contributed by atoms with Crippen LogP contribution in [0, 0.1) is 11.3 Å². The van der Waals surface area contributed by atoms with Gasteiger partial charge < -0.3 is 10.1 Å². The molecular formula is C21H15N3O5. The van der Waals surface area contributed by atoms with Gasteiger partial charge in [-0.25, -0.2) is 4.79 Å². The van der Waals surface area contributed by atoms with Gasteiger partial charge in [-0.1, -0.05) is 6.08 Å². The first-order chi connectivity index (χ1) is 13.9. The number of anilines is 1. The molecule has 0 bridgehead atoms. The monoisotopic (exact) mass is 389 g/mol. The van der Waals surface area contributed by atoms with Crippen LogP contribution in [-0.2, 0) is 9.53 Å². The number of rotatable bonds is 6. The molecule has 2 aromatic rings. The molecule has 3 rings (SSSR count). The van der Waals surface area contributed by atoms with Crippen molar-refractivity contribution < 1.29 is 23.9 Å². The van der Waals surface area contributed by atoms with E-state index in [1.165, 1.54) is 24.3 Å². The van der Waals surface area contributed by atoms with Crippen molar-refractivity contribution in [2.45, 2.75) is 0 Å². The van der Waals surface area contributed by atoms with Crippen molar-refractivity contribution in [2.75, 3.05) is 18.5 Å². The van der Waals surface area contributed by atoms with Crippen LogP contribution >= 0.6 is 0 Å². The molecule has 1 N–H and O–H groups in total. The minimum Gasteiger partial charge on any atom is -0.452 e. The number of carbonyl (C=O) groups is 4. The van der Waals surface area contributed by atoms with Gasteiger partial charge in [0.25, 0.3) is 17.7 Å². The van der Waals surface area contributed by atoms with Gasteiger partial charge in [-0.3, -0.25) is 19.3 Å². The Morgan fingerprint density at radius 1 is 1.10 bits per heavy atom. The predicted molar refractivity (Wildman–Crippen MR) is 102 cm³/mol. The van der Waals surface area contributed by atoms with Crippen LogP contribution in [-0.4, -0.2) is 41.7 Å². The van der Waals surface area contributed by atoms with Gasteiger partial charge in [-0.05, 0) is 42.5 Å². The topological polar surface area (TPSA) is 117 Å². The third kappa shape index (κ3) is 4.04. The van der Waals surface area contributed by atoms with Crippen LogP contribution in [0.3, 0.4) is 0 Å². The normalized spacial score (nSPS) is 12.2. The molecule has 1 aliphatic rings. The zero-order chi connectivity index (χ0) is 21.0. The Bertz CT molecular complexity index is 1070. The Morgan fingerprint density at radius 3 is 2.45 bits per heavy atom. The molecule has 0 spiro atoms. The number of esters is 1. The second-order valence-corrected chi connectivity index (χ2v) is 6.08. The SMILES string of the molecule is C=CCN1C(=O)c2ccc(C(=O)OCC(=O)Nc3ccc(C#N)cc3)cc2C1=O. The standard InChI is InChI=1S/C21H15N3O5/c1-2-9-24-19(26)16-8-5-14(10-17(16)20(24)27)21(28)29-12-18(25)23-15-6-3-13(11-22)4-7-15/h2-8,10H,1,9,12H2,(H,23,25).